The van der Waals surface area contributed by atoms with E-state index in [-0.39, 0.29) is 69.1 Å². The van der Waals surface area contributed by atoms with Crippen LogP contribution in [0.3, 0.4) is 0 Å². The molecule has 0 aromatic heterocycles. The minimum Gasteiger partial charge on any atom is -1.00 e. The van der Waals surface area contributed by atoms with E-state index in [1.165, 1.54) is 11.1 Å². The summed E-state index contributed by atoms with van der Waals surface area (Å²) in [5.41, 5.74) is 6.00. The minimum absolute atomic E-state index is 0. The number of hydrogen-bond acceptors (Lipinski definition) is 4. The van der Waals surface area contributed by atoms with Gasteiger partial charge in [0.15, 0.2) is 9.95 Å². The summed E-state index contributed by atoms with van der Waals surface area (Å²) in [6.07, 6.45) is 0. The molecule has 0 amide bonds. The van der Waals surface area contributed by atoms with Crippen LogP contribution in [0.15, 0.2) is 109 Å². The molecular formula is C30H32Cl4N6Zn. The number of diazo groups is 2. The standard InChI is InChI=1S/2C15H16N3.4ClH.Zn/c2*1-2-18(12-13-6-4-3-5-7-13)15-10-8-14(17-16)9-11-15;;;;;/h2*3-11H,2,12H2,1H3;4*1H;/q2*+1;;;;;+2/p-4. The Kier molecular flexibility index (Phi) is 24.7. The van der Waals surface area contributed by atoms with Crippen molar-refractivity contribution in [3.63, 3.8) is 0 Å². The van der Waals surface area contributed by atoms with Gasteiger partial charge in [0.2, 0.25) is 10.8 Å². The van der Waals surface area contributed by atoms with Crippen molar-refractivity contribution in [1.82, 2.24) is 0 Å². The Morgan fingerprint density at radius 3 is 1.02 bits per heavy atom. The average Bonchev–Trinajstić information content (AvgIpc) is 2.96. The van der Waals surface area contributed by atoms with E-state index in [2.05, 4.69) is 82.1 Å². The molecule has 0 saturated carbocycles. The van der Waals surface area contributed by atoms with E-state index < -0.39 is 0 Å². The number of halogens is 4. The van der Waals surface area contributed by atoms with E-state index in [9.17, 15) is 0 Å². The first-order valence-corrected chi connectivity index (χ1v) is 12.1. The summed E-state index contributed by atoms with van der Waals surface area (Å²) >= 11 is 0. The van der Waals surface area contributed by atoms with Gasteiger partial charge >= 0.3 is 30.9 Å². The van der Waals surface area contributed by atoms with E-state index in [0.717, 1.165) is 37.6 Å². The number of hydrogen-bond donors (Lipinski definition) is 0. The minimum atomic E-state index is 0. The van der Waals surface area contributed by atoms with Crippen molar-refractivity contribution < 1.29 is 69.1 Å². The zero-order valence-corrected chi connectivity index (χ0v) is 29.1. The molecule has 0 aliphatic heterocycles. The molecule has 0 aliphatic carbocycles. The fourth-order valence-electron chi connectivity index (χ4n) is 3.84. The van der Waals surface area contributed by atoms with Crippen LogP contribution in [0.5, 0.6) is 0 Å². The molecule has 0 saturated heterocycles. The van der Waals surface area contributed by atoms with Gasteiger partial charge in [-0.2, -0.15) is 0 Å². The number of benzene rings is 4. The Hall–Kier alpha value is -2.90. The fourth-order valence-corrected chi connectivity index (χ4v) is 3.84. The molecule has 0 heterocycles. The monoisotopic (exact) mass is 680 g/mol. The summed E-state index contributed by atoms with van der Waals surface area (Å²) in [6.45, 7) is 7.90. The third-order valence-electron chi connectivity index (χ3n) is 5.86. The first-order valence-electron chi connectivity index (χ1n) is 12.1. The van der Waals surface area contributed by atoms with Crippen molar-refractivity contribution in [2.24, 2.45) is 0 Å². The van der Waals surface area contributed by atoms with Crippen LogP contribution in [0.1, 0.15) is 25.0 Å². The third kappa shape index (κ3) is 14.0. The number of anilines is 2. The smallest absolute Gasteiger partial charge is 1.00 e. The van der Waals surface area contributed by atoms with Gasteiger partial charge < -0.3 is 59.4 Å². The predicted molar refractivity (Wildman–Crippen MR) is 149 cm³/mol. The van der Waals surface area contributed by atoms with E-state index >= 15 is 0 Å². The fraction of sp³-hybridized carbons (Fsp3) is 0.200. The zero-order chi connectivity index (χ0) is 25.6. The van der Waals surface area contributed by atoms with Crippen molar-refractivity contribution in [1.29, 1.82) is 10.8 Å². The van der Waals surface area contributed by atoms with E-state index in [0.29, 0.717) is 11.4 Å². The van der Waals surface area contributed by atoms with Gasteiger partial charge in [0, 0.05) is 61.8 Å². The van der Waals surface area contributed by atoms with Crippen molar-refractivity contribution >= 4 is 22.7 Å². The van der Waals surface area contributed by atoms with Crippen LogP contribution in [0.25, 0.3) is 9.95 Å². The molecule has 0 N–H and O–H groups in total. The molecule has 41 heavy (non-hydrogen) atoms. The molecule has 0 fully saturated rings. The van der Waals surface area contributed by atoms with E-state index in [4.69, 9.17) is 10.8 Å². The number of rotatable bonds is 8. The van der Waals surface area contributed by atoms with Gasteiger partial charge in [-0.3, -0.25) is 0 Å². The molecule has 0 unspecified atom stereocenters. The van der Waals surface area contributed by atoms with Crippen molar-refractivity contribution in [3.8, 4) is 0 Å². The molecule has 212 valence electrons. The molecule has 0 radical (unpaired) electrons. The molecule has 0 atom stereocenters. The summed E-state index contributed by atoms with van der Waals surface area (Å²) in [7, 11) is 0. The summed E-state index contributed by atoms with van der Waals surface area (Å²) in [4.78, 5) is 10.9. The van der Waals surface area contributed by atoms with Crippen LogP contribution in [0, 0.1) is 10.8 Å². The Morgan fingerprint density at radius 2 is 0.780 bits per heavy atom. The molecule has 0 spiro atoms. The zero-order valence-electron chi connectivity index (χ0n) is 23.1. The normalized spacial score (nSPS) is 8.59. The quantitative estimate of drug-likeness (QED) is 0.143. The van der Waals surface area contributed by atoms with Crippen molar-refractivity contribution in [3.05, 3.63) is 130 Å². The Labute approximate surface area is 281 Å². The van der Waals surface area contributed by atoms with Gasteiger partial charge in [-0.15, -0.1) is 0 Å². The van der Waals surface area contributed by atoms with E-state index in [1.54, 1.807) is 0 Å². The topological polar surface area (TPSA) is 62.8 Å². The second kappa shape index (κ2) is 23.8. The summed E-state index contributed by atoms with van der Waals surface area (Å²) in [6, 6.07) is 35.9. The molecule has 0 bridgehead atoms. The Morgan fingerprint density at radius 1 is 0.488 bits per heavy atom. The predicted octanol–water partition coefficient (Wildman–Crippen LogP) is -3.59. The van der Waals surface area contributed by atoms with Crippen LogP contribution in [-0.4, -0.2) is 13.1 Å². The molecule has 11 heteroatoms. The SMILES string of the molecule is CCN(Cc1ccccc1)c1ccc([N+]#N)cc1.CCN(Cc1ccccc1)c1ccc([N+]#N)cc1.[Cl-].[Cl-].[Cl-].[Cl-].[Zn+2]. The van der Waals surface area contributed by atoms with Crippen LogP contribution in [0.4, 0.5) is 22.7 Å². The van der Waals surface area contributed by atoms with E-state index in [1.807, 2.05) is 60.7 Å². The van der Waals surface area contributed by atoms with Crippen molar-refractivity contribution in [2.75, 3.05) is 22.9 Å². The van der Waals surface area contributed by atoms with Gasteiger partial charge in [0.05, 0.1) is 0 Å². The maximum atomic E-state index is 8.67. The van der Waals surface area contributed by atoms with Gasteiger partial charge in [0.1, 0.15) is 0 Å². The van der Waals surface area contributed by atoms with Gasteiger partial charge in [-0.25, -0.2) is 0 Å². The van der Waals surface area contributed by atoms with Crippen LogP contribution < -0.4 is 59.4 Å². The Bertz CT molecular complexity index is 1180. The summed E-state index contributed by atoms with van der Waals surface area (Å²) < 4.78 is 0. The first-order chi connectivity index (χ1) is 17.7. The molecule has 4 rings (SSSR count). The molecule has 6 nitrogen and oxygen atoms in total. The summed E-state index contributed by atoms with van der Waals surface area (Å²) in [5.74, 6) is 0. The average molecular weight is 684 g/mol. The van der Waals surface area contributed by atoms with Crippen LogP contribution >= 0.6 is 0 Å². The molecule has 4 aromatic rings. The van der Waals surface area contributed by atoms with Crippen LogP contribution in [-0.2, 0) is 32.6 Å². The van der Waals surface area contributed by atoms with Crippen molar-refractivity contribution in [2.45, 2.75) is 26.9 Å². The molecular weight excluding hydrogens is 652 g/mol. The maximum Gasteiger partial charge on any atom is 2.00 e. The number of nitrogens with zero attached hydrogens (tertiary/aromatic N) is 6. The Balaban J connectivity index is -0.000000628. The van der Waals surface area contributed by atoms with Gasteiger partial charge in [-0.1, -0.05) is 60.7 Å². The van der Waals surface area contributed by atoms with Gasteiger partial charge in [0.25, 0.3) is 0 Å². The van der Waals surface area contributed by atoms with Gasteiger partial charge in [-0.05, 0) is 49.2 Å². The summed E-state index contributed by atoms with van der Waals surface area (Å²) in [5, 5.41) is 17.3. The maximum absolute atomic E-state index is 8.67. The second-order valence-corrected chi connectivity index (χ2v) is 8.23. The first kappa shape index (κ1) is 42.6. The van der Waals surface area contributed by atoms with Crippen LogP contribution in [0.2, 0.25) is 0 Å². The molecule has 0 aliphatic rings. The second-order valence-electron chi connectivity index (χ2n) is 8.23. The largest absolute Gasteiger partial charge is 2.00 e. The molecule has 4 aromatic carbocycles. The third-order valence-corrected chi connectivity index (χ3v) is 5.86.